The predicted molar refractivity (Wildman–Crippen MR) is 48.5 cm³/mol. The second kappa shape index (κ2) is 3.88. The summed E-state index contributed by atoms with van der Waals surface area (Å²) in [6.07, 6.45) is 2.83. The number of nitrogens with two attached hydrogens (primary N) is 1. The molecule has 3 heteroatoms. The number of nitrogens with zero attached hydrogens (tertiary/aromatic N) is 2. The Morgan fingerprint density at radius 3 is 2.50 bits per heavy atom. The lowest BCUT2D eigenvalue weighted by Crippen LogP contribution is -2.49. The third-order valence-electron chi connectivity index (χ3n) is 2.51. The number of rotatable bonds is 2. The van der Waals surface area contributed by atoms with Gasteiger partial charge in [0, 0.05) is 13.1 Å². The van der Waals surface area contributed by atoms with Crippen molar-refractivity contribution in [3.63, 3.8) is 0 Å². The number of hydrogen-bond acceptors (Lipinski definition) is 3. The molecule has 0 atom stereocenters. The average Bonchev–Trinajstić information content (AvgIpc) is 2.10. The Bertz CT molecular complexity index is 175. The van der Waals surface area contributed by atoms with Crippen molar-refractivity contribution in [2.75, 3.05) is 19.6 Å². The summed E-state index contributed by atoms with van der Waals surface area (Å²) in [6, 6.07) is 2.19. The van der Waals surface area contributed by atoms with Gasteiger partial charge in [-0.1, -0.05) is 6.92 Å². The lowest BCUT2D eigenvalue weighted by Gasteiger charge is -2.34. The molecule has 0 amide bonds. The number of likely N-dealkylation sites (tertiary alicyclic amines) is 1. The Labute approximate surface area is 74.1 Å². The fraction of sp³-hybridized carbons (Fsp3) is 0.889. The van der Waals surface area contributed by atoms with Crippen LogP contribution in [0.5, 0.6) is 0 Å². The van der Waals surface area contributed by atoms with Gasteiger partial charge < -0.3 is 10.6 Å². The largest absolute Gasteiger partial charge is 0.313 e. The van der Waals surface area contributed by atoms with Gasteiger partial charge in [-0.25, -0.2) is 0 Å². The van der Waals surface area contributed by atoms with E-state index in [4.69, 9.17) is 11.0 Å². The third-order valence-corrected chi connectivity index (χ3v) is 2.51. The number of piperidine rings is 1. The second-order valence-corrected chi connectivity index (χ2v) is 3.61. The first-order valence-corrected chi connectivity index (χ1v) is 4.63. The molecule has 68 valence electrons. The van der Waals surface area contributed by atoms with Crippen LogP contribution >= 0.6 is 0 Å². The van der Waals surface area contributed by atoms with Gasteiger partial charge in [0.05, 0.1) is 6.07 Å². The smallest absolute Gasteiger partial charge is 0.106 e. The van der Waals surface area contributed by atoms with E-state index in [2.05, 4.69) is 17.9 Å². The molecule has 1 heterocycles. The van der Waals surface area contributed by atoms with Crippen molar-refractivity contribution >= 4 is 0 Å². The van der Waals surface area contributed by atoms with Crippen LogP contribution < -0.4 is 5.73 Å². The van der Waals surface area contributed by atoms with E-state index in [9.17, 15) is 0 Å². The van der Waals surface area contributed by atoms with E-state index in [1.54, 1.807) is 0 Å². The molecule has 0 aromatic rings. The normalized spacial score (nSPS) is 23.4. The Balaban J connectivity index is 2.35. The number of nitriles is 1. The standard InChI is InChI=1S/C9H17N3/c1-2-5-12-6-3-9(11,8-10)4-7-12/h2-7,11H2,1H3. The summed E-state index contributed by atoms with van der Waals surface area (Å²) in [7, 11) is 0. The van der Waals surface area contributed by atoms with Crippen molar-refractivity contribution in [1.29, 1.82) is 5.26 Å². The minimum absolute atomic E-state index is 0.537. The third kappa shape index (κ3) is 2.20. The molecule has 3 nitrogen and oxygen atoms in total. The minimum Gasteiger partial charge on any atom is -0.313 e. The maximum absolute atomic E-state index is 8.77. The molecule has 1 fully saturated rings. The van der Waals surface area contributed by atoms with E-state index >= 15 is 0 Å². The molecular weight excluding hydrogens is 150 g/mol. The molecule has 0 aromatic carbocycles. The Morgan fingerprint density at radius 2 is 2.08 bits per heavy atom. The van der Waals surface area contributed by atoms with E-state index in [0.29, 0.717) is 0 Å². The molecule has 1 aliphatic rings. The topological polar surface area (TPSA) is 53.0 Å². The van der Waals surface area contributed by atoms with Crippen LogP contribution in [0.2, 0.25) is 0 Å². The van der Waals surface area contributed by atoms with Crippen molar-refractivity contribution in [3.8, 4) is 6.07 Å². The van der Waals surface area contributed by atoms with Crippen molar-refractivity contribution < 1.29 is 0 Å². The van der Waals surface area contributed by atoms with E-state index in [1.165, 1.54) is 6.42 Å². The van der Waals surface area contributed by atoms with Gasteiger partial charge in [0.1, 0.15) is 5.54 Å². The van der Waals surface area contributed by atoms with Gasteiger partial charge in [0.15, 0.2) is 0 Å². The number of hydrogen-bond donors (Lipinski definition) is 1. The molecule has 1 aliphatic heterocycles. The van der Waals surface area contributed by atoms with Gasteiger partial charge in [-0.05, 0) is 25.8 Å². The van der Waals surface area contributed by atoms with Gasteiger partial charge in [-0.15, -0.1) is 0 Å². The molecule has 0 aliphatic carbocycles. The molecule has 12 heavy (non-hydrogen) atoms. The van der Waals surface area contributed by atoms with Crippen LogP contribution in [0.15, 0.2) is 0 Å². The molecule has 0 aromatic heterocycles. The highest BCUT2D eigenvalue weighted by molar-refractivity contribution is 5.07. The van der Waals surface area contributed by atoms with Crippen LogP contribution in [0.1, 0.15) is 26.2 Å². The van der Waals surface area contributed by atoms with Gasteiger partial charge in [0.25, 0.3) is 0 Å². The lowest BCUT2D eigenvalue weighted by molar-refractivity contribution is 0.189. The summed E-state index contributed by atoms with van der Waals surface area (Å²) < 4.78 is 0. The van der Waals surface area contributed by atoms with Crippen molar-refractivity contribution in [3.05, 3.63) is 0 Å². The Kier molecular flexibility index (Phi) is 3.07. The van der Waals surface area contributed by atoms with Gasteiger partial charge in [0.2, 0.25) is 0 Å². The maximum atomic E-state index is 8.77. The van der Waals surface area contributed by atoms with Gasteiger partial charge >= 0.3 is 0 Å². The van der Waals surface area contributed by atoms with E-state index in [0.717, 1.165) is 32.5 Å². The highest BCUT2D eigenvalue weighted by Gasteiger charge is 2.29. The van der Waals surface area contributed by atoms with Crippen LogP contribution in [0.3, 0.4) is 0 Å². The summed E-state index contributed by atoms with van der Waals surface area (Å²) in [5, 5.41) is 8.77. The van der Waals surface area contributed by atoms with Crippen LogP contribution in [0.25, 0.3) is 0 Å². The fourth-order valence-electron chi connectivity index (χ4n) is 1.60. The first kappa shape index (κ1) is 9.50. The second-order valence-electron chi connectivity index (χ2n) is 3.61. The van der Waals surface area contributed by atoms with Gasteiger partial charge in [-0.3, -0.25) is 0 Å². The van der Waals surface area contributed by atoms with Crippen molar-refractivity contribution in [2.45, 2.75) is 31.7 Å². The SMILES string of the molecule is CCCN1CCC(N)(C#N)CC1. The van der Waals surface area contributed by atoms with Crippen molar-refractivity contribution in [1.82, 2.24) is 4.90 Å². The zero-order valence-corrected chi connectivity index (χ0v) is 7.71. The molecular formula is C9H17N3. The van der Waals surface area contributed by atoms with Crippen LogP contribution in [-0.2, 0) is 0 Å². The molecule has 0 saturated carbocycles. The molecule has 0 radical (unpaired) electrons. The molecule has 0 bridgehead atoms. The first-order valence-electron chi connectivity index (χ1n) is 4.63. The Morgan fingerprint density at radius 1 is 1.50 bits per heavy atom. The molecule has 2 N–H and O–H groups in total. The lowest BCUT2D eigenvalue weighted by atomic mass is 9.90. The van der Waals surface area contributed by atoms with Crippen LogP contribution in [0.4, 0.5) is 0 Å². The van der Waals surface area contributed by atoms with Crippen LogP contribution in [0, 0.1) is 11.3 Å². The quantitative estimate of drug-likeness (QED) is 0.659. The van der Waals surface area contributed by atoms with E-state index in [-0.39, 0.29) is 0 Å². The van der Waals surface area contributed by atoms with Crippen LogP contribution in [-0.4, -0.2) is 30.1 Å². The van der Waals surface area contributed by atoms with E-state index < -0.39 is 5.54 Å². The molecule has 0 unspecified atom stereocenters. The maximum Gasteiger partial charge on any atom is 0.106 e. The highest BCUT2D eigenvalue weighted by atomic mass is 15.1. The predicted octanol–water partition coefficient (Wildman–Crippen LogP) is 0.713. The summed E-state index contributed by atoms with van der Waals surface area (Å²) in [6.45, 7) is 5.28. The summed E-state index contributed by atoms with van der Waals surface area (Å²) in [4.78, 5) is 2.38. The summed E-state index contributed by atoms with van der Waals surface area (Å²) in [5.41, 5.74) is 5.29. The molecule has 1 rings (SSSR count). The Hall–Kier alpha value is -0.590. The fourth-order valence-corrected chi connectivity index (χ4v) is 1.60. The first-order chi connectivity index (χ1) is 5.70. The van der Waals surface area contributed by atoms with Gasteiger partial charge in [-0.2, -0.15) is 5.26 Å². The monoisotopic (exact) mass is 167 g/mol. The van der Waals surface area contributed by atoms with E-state index in [1.807, 2.05) is 0 Å². The zero-order valence-electron chi connectivity index (χ0n) is 7.71. The molecule has 0 spiro atoms. The van der Waals surface area contributed by atoms with Crippen molar-refractivity contribution in [2.24, 2.45) is 5.73 Å². The molecule has 1 saturated heterocycles. The zero-order chi connectivity index (χ0) is 9.03. The summed E-state index contributed by atoms with van der Waals surface area (Å²) in [5.74, 6) is 0. The average molecular weight is 167 g/mol. The summed E-state index contributed by atoms with van der Waals surface area (Å²) >= 11 is 0. The highest BCUT2D eigenvalue weighted by Crippen LogP contribution is 2.18. The minimum atomic E-state index is -0.537.